The van der Waals surface area contributed by atoms with Crippen LogP contribution in [-0.4, -0.2) is 24.1 Å². The monoisotopic (exact) mass is 462 g/mol. The SMILES string of the molecule is Cc1ccc(NC(=O)CSc2ccccc2C(=O)NCCC23CC4CC(CC(C4)C2)C3)cc1. The molecule has 0 aromatic heterocycles. The van der Waals surface area contributed by atoms with Crippen LogP contribution in [0.3, 0.4) is 0 Å². The summed E-state index contributed by atoms with van der Waals surface area (Å²) in [5.41, 5.74) is 3.09. The zero-order valence-corrected chi connectivity index (χ0v) is 20.3. The molecule has 0 unspecified atom stereocenters. The van der Waals surface area contributed by atoms with Gasteiger partial charge in [-0.1, -0.05) is 29.8 Å². The third-order valence-corrected chi connectivity index (χ3v) is 9.01. The fraction of sp³-hybridized carbons (Fsp3) is 0.500. The average Bonchev–Trinajstić information content (AvgIpc) is 2.78. The lowest BCUT2D eigenvalue weighted by Gasteiger charge is -2.57. The Morgan fingerprint density at radius 1 is 0.939 bits per heavy atom. The van der Waals surface area contributed by atoms with Gasteiger partial charge in [-0.2, -0.15) is 0 Å². The molecule has 4 bridgehead atoms. The quantitative estimate of drug-likeness (QED) is 0.469. The first-order valence-corrected chi connectivity index (χ1v) is 13.3. The van der Waals surface area contributed by atoms with Gasteiger partial charge >= 0.3 is 0 Å². The highest BCUT2D eigenvalue weighted by Crippen LogP contribution is 2.61. The molecule has 2 amide bonds. The summed E-state index contributed by atoms with van der Waals surface area (Å²) in [5, 5.41) is 6.12. The van der Waals surface area contributed by atoms with Gasteiger partial charge in [0, 0.05) is 17.1 Å². The fourth-order valence-corrected chi connectivity index (χ4v) is 7.74. The first-order chi connectivity index (χ1) is 16.0. The van der Waals surface area contributed by atoms with Gasteiger partial charge in [-0.3, -0.25) is 9.59 Å². The molecule has 0 aliphatic heterocycles. The smallest absolute Gasteiger partial charge is 0.252 e. The molecule has 0 radical (unpaired) electrons. The molecule has 2 N–H and O–H groups in total. The summed E-state index contributed by atoms with van der Waals surface area (Å²) in [6.07, 6.45) is 9.58. The molecule has 4 saturated carbocycles. The normalized spacial score (nSPS) is 27.4. The van der Waals surface area contributed by atoms with E-state index in [-0.39, 0.29) is 17.6 Å². The van der Waals surface area contributed by atoms with Crippen LogP contribution in [0.15, 0.2) is 53.4 Å². The molecule has 4 nitrogen and oxygen atoms in total. The highest BCUT2D eigenvalue weighted by Gasteiger charge is 2.50. The summed E-state index contributed by atoms with van der Waals surface area (Å²) in [6.45, 7) is 2.77. The molecule has 0 saturated heterocycles. The van der Waals surface area contributed by atoms with Gasteiger partial charge in [-0.05, 0) is 99.3 Å². The van der Waals surface area contributed by atoms with Gasteiger partial charge in [-0.15, -0.1) is 11.8 Å². The highest BCUT2D eigenvalue weighted by atomic mass is 32.2. The van der Waals surface area contributed by atoms with Crippen molar-refractivity contribution in [3.8, 4) is 0 Å². The standard InChI is InChI=1S/C28H34N2O2S/c1-19-6-8-23(9-7-19)30-26(31)18-33-25-5-3-2-4-24(25)27(32)29-11-10-28-15-20-12-21(16-28)14-22(13-20)17-28/h2-9,20-22H,10-18H2,1H3,(H,29,32)(H,30,31). The van der Waals surface area contributed by atoms with E-state index in [1.165, 1.54) is 50.3 Å². The summed E-state index contributed by atoms with van der Waals surface area (Å²) in [5.74, 6) is 2.99. The molecule has 174 valence electrons. The summed E-state index contributed by atoms with van der Waals surface area (Å²) in [7, 11) is 0. The van der Waals surface area contributed by atoms with Gasteiger partial charge < -0.3 is 10.6 Å². The Balaban J connectivity index is 1.13. The van der Waals surface area contributed by atoms with Gasteiger partial charge in [0.25, 0.3) is 5.91 Å². The van der Waals surface area contributed by atoms with E-state index >= 15 is 0 Å². The Morgan fingerprint density at radius 2 is 1.58 bits per heavy atom. The first kappa shape index (κ1) is 22.5. The van der Waals surface area contributed by atoms with Crippen molar-refractivity contribution in [1.29, 1.82) is 0 Å². The van der Waals surface area contributed by atoms with Crippen molar-refractivity contribution >= 4 is 29.3 Å². The lowest BCUT2D eigenvalue weighted by atomic mass is 9.49. The molecule has 2 aromatic rings. The van der Waals surface area contributed by atoms with E-state index in [0.717, 1.165) is 46.9 Å². The van der Waals surface area contributed by atoms with Gasteiger partial charge in [0.15, 0.2) is 0 Å². The predicted molar refractivity (Wildman–Crippen MR) is 135 cm³/mol. The lowest BCUT2D eigenvalue weighted by molar-refractivity contribution is -0.113. The van der Waals surface area contributed by atoms with Crippen LogP contribution < -0.4 is 10.6 Å². The van der Waals surface area contributed by atoms with Crippen molar-refractivity contribution in [2.24, 2.45) is 23.2 Å². The number of anilines is 1. The molecule has 0 spiro atoms. The number of benzene rings is 2. The van der Waals surface area contributed by atoms with E-state index in [1.807, 2.05) is 55.5 Å². The van der Waals surface area contributed by atoms with Crippen molar-refractivity contribution in [2.75, 3.05) is 17.6 Å². The molecule has 2 aromatic carbocycles. The van der Waals surface area contributed by atoms with Crippen LogP contribution in [0.2, 0.25) is 0 Å². The minimum atomic E-state index is -0.0686. The van der Waals surface area contributed by atoms with E-state index in [4.69, 9.17) is 0 Å². The van der Waals surface area contributed by atoms with E-state index in [9.17, 15) is 9.59 Å². The molecule has 0 heterocycles. The van der Waals surface area contributed by atoms with Crippen LogP contribution in [0.25, 0.3) is 0 Å². The molecule has 33 heavy (non-hydrogen) atoms. The van der Waals surface area contributed by atoms with Crippen LogP contribution in [0.4, 0.5) is 5.69 Å². The van der Waals surface area contributed by atoms with Crippen LogP contribution in [-0.2, 0) is 4.79 Å². The Kier molecular flexibility index (Phi) is 6.51. The van der Waals surface area contributed by atoms with Crippen molar-refractivity contribution < 1.29 is 9.59 Å². The van der Waals surface area contributed by atoms with Gasteiger partial charge in [0.1, 0.15) is 0 Å². The molecular formula is C28H34N2O2S. The van der Waals surface area contributed by atoms with Crippen molar-refractivity contribution in [2.45, 2.75) is 56.8 Å². The first-order valence-electron chi connectivity index (χ1n) is 12.3. The highest BCUT2D eigenvalue weighted by molar-refractivity contribution is 8.00. The minimum Gasteiger partial charge on any atom is -0.352 e. The van der Waals surface area contributed by atoms with Crippen LogP contribution in [0.1, 0.15) is 60.9 Å². The zero-order valence-electron chi connectivity index (χ0n) is 19.4. The average molecular weight is 463 g/mol. The number of rotatable bonds is 8. The van der Waals surface area contributed by atoms with E-state index < -0.39 is 0 Å². The van der Waals surface area contributed by atoms with Gasteiger partial charge in [-0.25, -0.2) is 0 Å². The molecule has 0 atom stereocenters. The lowest BCUT2D eigenvalue weighted by Crippen LogP contribution is -2.47. The van der Waals surface area contributed by atoms with Crippen molar-refractivity contribution in [1.82, 2.24) is 5.32 Å². The van der Waals surface area contributed by atoms with E-state index in [0.29, 0.717) is 11.0 Å². The molecule has 6 rings (SSSR count). The molecule has 5 heteroatoms. The van der Waals surface area contributed by atoms with Gasteiger partial charge in [0.2, 0.25) is 5.91 Å². The minimum absolute atomic E-state index is 0.0261. The molecule has 4 aliphatic rings. The number of hydrogen-bond donors (Lipinski definition) is 2. The number of thioether (sulfide) groups is 1. The number of aryl methyl sites for hydroxylation is 1. The van der Waals surface area contributed by atoms with Crippen molar-refractivity contribution in [3.05, 3.63) is 59.7 Å². The number of carbonyl (C=O) groups is 2. The number of carbonyl (C=O) groups excluding carboxylic acids is 2. The second-order valence-electron chi connectivity index (χ2n) is 10.6. The van der Waals surface area contributed by atoms with Crippen LogP contribution >= 0.6 is 11.8 Å². The largest absolute Gasteiger partial charge is 0.352 e. The maximum Gasteiger partial charge on any atom is 0.252 e. The van der Waals surface area contributed by atoms with Crippen molar-refractivity contribution in [3.63, 3.8) is 0 Å². The van der Waals surface area contributed by atoms with Crippen LogP contribution in [0, 0.1) is 30.1 Å². The number of nitrogens with one attached hydrogen (secondary N) is 2. The third-order valence-electron chi connectivity index (χ3n) is 7.93. The predicted octanol–water partition coefficient (Wildman–Crippen LogP) is 6.06. The Bertz CT molecular complexity index is 982. The van der Waals surface area contributed by atoms with Gasteiger partial charge in [0.05, 0.1) is 11.3 Å². The molecular weight excluding hydrogens is 428 g/mol. The van der Waals surface area contributed by atoms with Crippen LogP contribution in [0.5, 0.6) is 0 Å². The second kappa shape index (κ2) is 9.54. The summed E-state index contributed by atoms with van der Waals surface area (Å²) >= 11 is 1.41. The zero-order chi connectivity index (χ0) is 22.8. The maximum atomic E-state index is 13.0. The Labute approximate surface area is 201 Å². The second-order valence-corrected chi connectivity index (χ2v) is 11.6. The van der Waals surface area contributed by atoms with E-state index in [2.05, 4.69) is 10.6 Å². The summed E-state index contributed by atoms with van der Waals surface area (Å²) in [6, 6.07) is 15.4. The summed E-state index contributed by atoms with van der Waals surface area (Å²) < 4.78 is 0. The Hall–Kier alpha value is -2.27. The number of hydrogen-bond acceptors (Lipinski definition) is 3. The number of amides is 2. The fourth-order valence-electron chi connectivity index (χ4n) is 6.89. The molecule has 4 fully saturated rings. The topological polar surface area (TPSA) is 58.2 Å². The van der Waals surface area contributed by atoms with E-state index in [1.54, 1.807) is 0 Å². The maximum absolute atomic E-state index is 13.0. The summed E-state index contributed by atoms with van der Waals surface area (Å²) in [4.78, 5) is 26.2. The Morgan fingerprint density at radius 3 is 2.24 bits per heavy atom. The molecule has 4 aliphatic carbocycles. The third kappa shape index (κ3) is 5.29.